The number of nitrogens with zero attached hydrogens (tertiary/aromatic N) is 16. The molecule has 4 amide bonds. The van der Waals surface area contributed by atoms with Crippen molar-refractivity contribution in [3.63, 3.8) is 0 Å². The van der Waals surface area contributed by atoms with Crippen LogP contribution in [-0.4, -0.2) is 228 Å². The number of aromatic carboxylic acids is 1. The molecule has 0 aromatic carbocycles. The van der Waals surface area contributed by atoms with Gasteiger partial charge in [0.1, 0.15) is 89.9 Å². The molecule has 4 atom stereocenters. The van der Waals surface area contributed by atoms with Crippen molar-refractivity contribution in [3.05, 3.63) is 142 Å². The summed E-state index contributed by atoms with van der Waals surface area (Å²) in [6.45, 7) is -2.77. The van der Waals surface area contributed by atoms with Gasteiger partial charge in [-0.25, -0.2) is 73.8 Å². The number of anilines is 4. The first-order valence-electron chi connectivity index (χ1n) is 37.1. The maximum Gasteiger partial charge on any atom is 0.405 e. The number of rotatable bonds is 18. The molecule has 4 fully saturated rings. The van der Waals surface area contributed by atoms with Gasteiger partial charge in [-0.3, -0.25) is 19.2 Å². The fourth-order valence-corrected chi connectivity index (χ4v) is 14.7. The van der Waals surface area contributed by atoms with Crippen molar-refractivity contribution in [2.24, 2.45) is 0 Å². The topological polar surface area (TPSA) is 411 Å². The summed E-state index contributed by atoms with van der Waals surface area (Å²) < 4.78 is 169. The minimum atomic E-state index is -4.55. The SMILES string of the molecule is COC(=O)c1cc(N2CCC[C@@H]2C(=O)NCC(F)(F)F)nc(-c2c[nH]c3ncc(Cl)cc23)n1.C[C@@]1(C(=O)NCC(F)(F)F)CCCN1c1nc(-c2c[nH]c3ncc(Cl)cc23)ncc1F.O=C(NCC(F)(F)F)[C@@H]1CCN1c1ccnc(-c2c[nH]c3ncc(Cl)cc23)n1.O=C(O)c1cc(N2CCC[C@@H]2C(=O)NCC(F)(F)F)nc(-c2c[nH]c3ncc(Cl)cc23)n1. The Morgan fingerprint density at radius 1 is 0.468 bits per heavy atom. The van der Waals surface area contributed by atoms with Crippen LogP contribution in [0.15, 0.2) is 104 Å². The quantitative estimate of drug-likeness (QED) is 0.0284. The molecule has 12 aromatic rings. The number of H-pyrrole nitrogens is 4. The number of carbonyl (C=O) groups excluding carboxylic acids is 5. The fraction of sp³-hybridized carbons (Fsp3) is 0.333. The highest BCUT2D eigenvalue weighted by atomic mass is 35.5. The number of aromatic amines is 4. The first-order chi connectivity index (χ1) is 58.7. The monoisotopic (exact) mass is 1820 g/mol. The predicted octanol–water partition coefficient (Wildman–Crippen LogP) is 12.9. The van der Waals surface area contributed by atoms with Crippen LogP contribution in [0.1, 0.15) is 72.8 Å². The first-order valence-corrected chi connectivity index (χ1v) is 38.6. The number of aromatic nitrogens is 16. The Morgan fingerprint density at radius 3 is 1.25 bits per heavy atom. The molecule has 9 N–H and O–H groups in total. The number of esters is 1. The second kappa shape index (κ2) is 36.4. The number of carboxylic acids is 1. The molecular formula is C75H65Cl4F13N24O8. The van der Waals surface area contributed by atoms with E-state index in [0.29, 0.717) is 151 Å². The Labute approximate surface area is 709 Å². The van der Waals surface area contributed by atoms with Crippen molar-refractivity contribution in [2.45, 2.75) is 100 Å². The van der Waals surface area contributed by atoms with E-state index < -0.39 is 116 Å². The number of hydrogen-bond acceptors (Lipinski definition) is 23. The number of methoxy groups -OCH3 is 1. The Bertz CT molecular complexity index is 6040. The Hall–Kier alpha value is -12.7. The summed E-state index contributed by atoms with van der Waals surface area (Å²) in [5.74, 6) is -4.51. The van der Waals surface area contributed by atoms with E-state index in [4.69, 9.17) is 51.1 Å². The number of fused-ring (bicyclic) bond motifs is 4. The average Bonchev–Trinajstić information content (AvgIpc) is 1.55. The fourth-order valence-electron chi connectivity index (χ4n) is 14.1. The van der Waals surface area contributed by atoms with Gasteiger partial charge in [-0.1, -0.05) is 46.4 Å². The van der Waals surface area contributed by atoms with Gasteiger partial charge in [-0.2, -0.15) is 52.7 Å². The summed E-state index contributed by atoms with van der Waals surface area (Å²) in [6, 6.07) is 8.36. The molecule has 0 radical (unpaired) electrons. The third-order valence-corrected chi connectivity index (χ3v) is 20.7. The van der Waals surface area contributed by atoms with E-state index in [1.807, 2.05) is 21.3 Å². The van der Waals surface area contributed by atoms with Gasteiger partial charge in [0.2, 0.25) is 23.6 Å². The molecule has 16 heterocycles. The van der Waals surface area contributed by atoms with Gasteiger partial charge in [0.25, 0.3) is 0 Å². The lowest BCUT2D eigenvalue weighted by molar-refractivity contribution is -0.141. The Morgan fingerprint density at radius 2 is 0.847 bits per heavy atom. The van der Waals surface area contributed by atoms with Crippen LogP contribution in [0.3, 0.4) is 0 Å². The van der Waals surface area contributed by atoms with Crippen LogP contribution in [-0.2, 0) is 23.9 Å². The second-order valence-corrected chi connectivity index (χ2v) is 30.1. The van der Waals surface area contributed by atoms with Crippen LogP contribution in [0.2, 0.25) is 20.1 Å². The summed E-state index contributed by atoms with van der Waals surface area (Å²) in [4.78, 5) is 142. The van der Waals surface area contributed by atoms with Crippen molar-refractivity contribution in [3.8, 4) is 45.6 Å². The highest BCUT2D eigenvalue weighted by Crippen LogP contribution is 2.40. The maximum absolute atomic E-state index is 14.7. The number of hydrogen-bond donors (Lipinski definition) is 9. The van der Waals surface area contributed by atoms with Crippen LogP contribution in [0, 0.1) is 5.82 Å². The molecule has 0 spiro atoms. The molecule has 12 aromatic heterocycles. The van der Waals surface area contributed by atoms with Gasteiger partial charge in [0, 0.05) is 138 Å². The third kappa shape index (κ3) is 20.8. The Balaban J connectivity index is 0.000000142. The van der Waals surface area contributed by atoms with E-state index >= 15 is 0 Å². The zero-order chi connectivity index (χ0) is 89.1. The largest absolute Gasteiger partial charge is 0.477 e. The van der Waals surface area contributed by atoms with Crippen LogP contribution >= 0.6 is 46.4 Å². The molecule has 16 rings (SSSR count). The van der Waals surface area contributed by atoms with Crippen LogP contribution in [0.5, 0.6) is 0 Å². The number of pyridine rings is 4. The number of halogens is 17. The van der Waals surface area contributed by atoms with Crippen LogP contribution < -0.4 is 40.9 Å². The average molecular weight is 1820 g/mol. The maximum atomic E-state index is 14.7. The molecule has 49 heteroatoms. The summed E-state index contributed by atoms with van der Waals surface area (Å²) >= 11 is 24.1. The van der Waals surface area contributed by atoms with E-state index in [1.165, 1.54) is 67.0 Å². The van der Waals surface area contributed by atoms with Crippen molar-refractivity contribution in [1.29, 1.82) is 0 Å². The minimum Gasteiger partial charge on any atom is -0.477 e. The molecule has 4 aliphatic rings. The van der Waals surface area contributed by atoms with E-state index in [9.17, 15) is 90.9 Å². The molecule has 0 unspecified atom stereocenters. The number of carbonyl (C=O) groups is 6. The van der Waals surface area contributed by atoms with Gasteiger partial charge in [-0.05, 0) is 82.2 Å². The smallest absolute Gasteiger partial charge is 0.405 e. The van der Waals surface area contributed by atoms with E-state index in [2.05, 4.69) is 79.7 Å². The van der Waals surface area contributed by atoms with Crippen molar-refractivity contribution in [1.82, 2.24) is 101 Å². The van der Waals surface area contributed by atoms with Gasteiger partial charge >= 0.3 is 36.6 Å². The lowest BCUT2D eigenvalue weighted by Crippen LogP contribution is -2.57. The molecule has 0 bridgehead atoms. The summed E-state index contributed by atoms with van der Waals surface area (Å²) in [6.07, 6.45) is -0.267. The van der Waals surface area contributed by atoms with Crippen molar-refractivity contribution < 1.29 is 95.7 Å². The predicted molar refractivity (Wildman–Crippen MR) is 425 cm³/mol. The van der Waals surface area contributed by atoms with Crippen molar-refractivity contribution >= 4 is 149 Å². The summed E-state index contributed by atoms with van der Waals surface area (Å²) in [5.41, 5.74) is 2.55. The molecule has 124 heavy (non-hydrogen) atoms. The molecule has 0 saturated carbocycles. The minimum absolute atomic E-state index is 0.0524. The van der Waals surface area contributed by atoms with E-state index in [1.54, 1.807) is 64.9 Å². The zero-order valence-electron chi connectivity index (χ0n) is 64.0. The number of carboxylic acid groups (broad SMARTS) is 1. The highest BCUT2D eigenvalue weighted by Gasteiger charge is 2.47. The molecule has 4 saturated heterocycles. The number of ether oxygens (including phenoxy) is 1. The van der Waals surface area contributed by atoms with Crippen molar-refractivity contribution in [2.75, 3.05) is 79.1 Å². The molecule has 4 aliphatic heterocycles. The normalized spacial score (nSPS) is 17.2. The highest BCUT2D eigenvalue weighted by molar-refractivity contribution is 6.32. The van der Waals surface area contributed by atoms with Gasteiger partial charge in [0.05, 0.1) is 33.4 Å². The van der Waals surface area contributed by atoms with Crippen LogP contribution in [0.25, 0.3) is 89.7 Å². The molecule has 652 valence electrons. The van der Waals surface area contributed by atoms with Gasteiger partial charge in [-0.15, -0.1) is 0 Å². The van der Waals surface area contributed by atoms with Crippen LogP contribution in [0.4, 0.5) is 80.3 Å². The zero-order valence-corrected chi connectivity index (χ0v) is 67.1. The lowest BCUT2D eigenvalue weighted by atomic mass is 9.97. The second-order valence-electron chi connectivity index (χ2n) is 28.3. The number of amides is 4. The summed E-state index contributed by atoms with van der Waals surface area (Å²) in [7, 11) is 1.20. The summed E-state index contributed by atoms with van der Waals surface area (Å²) in [5, 5.41) is 21.3. The standard InChI is InChI=1S/C20H18ClF3N6O3.C19H17ClF4N6O.C19H16ClF3N6O3.C17H14ClF3N6O/c1-33-19(32)13-6-15(30-4-2-3-14(30)18(31)27-9-20(22,23)24)29-17(28-13)12-8-26-16-11(12)5-10(21)7-25-16;1-18(17(31)28-9-19(22,23)24)3-2-4-30(18)16-13(21)8-27-15(29-16)12-7-26-14-11(12)5-10(20)6-25-14;20-9-4-10-11(7-25-15(10)24-6-9)16-27-12(18(31)32)5-14(28-16)29-3-1-2-13(29)17(30)26-8-19(21,22)23;18-9-5-10-11(7-24-14(10)23-6-9)15-22-3-1-13(26-15)27-4-2-12(27)16(28)25-8-17(19,20)21/h5-8,14H,2-4,9H2,1H3,(H,25,26)(H,27,31);5-8H,2-4,9H2,1H3,(H,25,26)(H,28,31);4-7,13H,1-3,8H2,(H,24,25)(H,26,30)(H,31,32);1,3,5-7,12H,2,4,8H2,(H,23,24)(H,25,28)/t14-;18-;13-;12-/m1010/s1. The third-order valence-electron chi connectivity index (χ3n) is 19.9. The molecular weight excluding hydrogens is 1750 g/mol. The number of nitrogens with one attached hydrogen (secondary N) is 8. The number of alkyl halides is 12. The molecule has 0 aliphatic carbocycles. The first kappa shape index (κ1) is 89.1. The van der Waals surface area contributed by atoms with Gasteiger partial charge < -0.3 is 70.6 Å². The lowest BCUT2D eigenvalue weighted by Gasteiger charge is -2.40. The Kier molecular flexibility index (Phi) is 26.2. The van der Waals surface area contributed by atoms with E-state index in [0.717, 1.165) is 11.6 Å². The van der Waals surface area contributed by atoms with E-state index in [-0.39, 0.29) is 59.3 Å². The van der Waals surface area contributed by atoms with Gasteiger partial charge in [0.15, 0.2) is 46.3 Å². The molecule has 32 nitrogen and oxygen atoms in total.